The number of nitrogens with two attached hydrogens (primary N) is 1. The van der Waals surface area contributed by atoms with Crippen LogP contribution in [0.2, 0.25) is 0 Å². The van der Waals surface area contributed by atoms with Gasteiger partial charge in [0, 0.05) is 23.9 Å². The maximum atomic E-state index is 11.1. The van der Waals surface area contributed by atoms with Gasteiger partial charge in [0.1, 0.15) is 0 Å². The number of rotatable bonds is 4. The van der Waals surface area contributed by atoms with E-state index in [2.05, 4.69) is 0 Å². The van der Waals surface area contributed by atoms with Crippen LogP contribution in [0.1, 0.15) is 12.5 Å². The SMILES string of the molecule is CCOC(=O)C=C(N)c1ccc([N+](=O)[O-])cc1. The van der Waals surface area contributed by atoms with Gasteiger partial charge in [-0.15, -0.1) is 0 Å². The van der Waals surface area contributed by atoms with Crippen molar-refractivity contribution in [3.63, 3.8) is 0 Å². The van der Waals surface area contributed by atoms with Crippen LogP contribution in [-0.2, 0) is 9.53 Å². The molecule has 0 heterocycles. The van der Waals surface area contributed by atoms with Crippen molar-refractivity contribution < 1.29 is 14.5 Å². The third kappa shape index (κ3) is 3.60. The van der Waals surface area contributed by atoms with Crippen LogP contribution in [0.5, 0.6) is 0 Å². The highest BCUT2D eigenvalue weighted by atomic mass is 16.6. The molecule has 0 saturated heterocycles. The molecule has 0 unspecified atom stereocenters. The Labute approximate surface area is 97.8 Å². The van der Waals surface area contributed by atoms with Crippen molar-refractivity contribution >= 4 is 17.4 Å². The fourth-order valence-electron chi connectivity index (χ4n) is 1.17. The summed E-state index contributed by atoms with van der Waals surface area (Å²) in [5.74, 6) is -0.539. The Bertz CT molecular complexity index is 451. The van der Waals surface area contributed by atoms with Crippen LogP contribution in [0.4, 0.5) is 5.69 Å². The lowest BCUT2D eigenvalue weighted by molar-refractivity contribution is -0.384. The van der Waals surface area contributed by atoms with Gasteiger partial charge in [0.2, 0.25) is 0 Å². The van der Waals surface area contributed by atoms with Gasteiger partial charge < -0.3 is 10.5 Å². The van der Waals surface area contributed by atoms with Gasteiger partial charge in [0.25, 0.3) is 5.69 Å². The molecule has 2 N–H and O–H groups in total. The zero-order valence-corrected chi connectivity index (χ0v) is 9.25. The Morgan fingerprint density at radius 1 is 1.47 bits per heavy atom. The molecular weight excluding hydrogens is 224 g/mol. The van der Waals surface area contributed by atoms with Crippen LogP contribution in [0.3, 0.4) is 0 Å². The molecule has 0 aliphatic carbocycles. The predicted molar refractivity (Wildman–Crippen MR) is 61.9 cm³/mol. The Morgan fingerprint density at radius 2 is 2.06 bits per heavy atom. The lowest BCUT2D eigenvalue weighted by Gasteiger charge is -2.01. The Morgan fingerprint density at radius 3 is 2.53 bits per heavy atom. The van der Waals surface area contributed by atoms with E-state index in [9.17, 15) is 14.9 Å². The number of carbonyl (C=O) groups is 1. The smallest absolute Gasteiger partial charge is 0.332 e. The number of ether oxygens (including phenoxy) is 1. The van der Waals surface area contributed by atoms with Crippen molar-refractivity contribution in [2.45, 2.75) is 6.92 Å². The molecule has 1 aromatic carbocycles. The zero-order chi connectivity index (χ0) is 12.8. The Hall–Kier alpha value is -2.37. The van der Waals surface area contributed by atoms with E-state index in [0.29, 0.717) is 5.56 Å². The van der Waals surface area contributed by atoms with Crippen LogP contribution in [-0.4, -0.2) is 17.5 Å². The van der Waals surface area contributed by atoms with E-state index >= 15 is 0 Å². The van der Waals surface area contributed by atoms with Crippen LogP contribution in [0, 0.1) is 10.1 Å². The second-order valence-electron chi connectivity index (χ2n) is 3.16. The van der Waals surface area contributed by atoms with Crippen LogP contribution >= 0.6 is 0 Å². The second kappa shape index (κ2) is 5.64. The highest BCUT2D eigenvalue weighted by Gasteiger charge is 2.06. The van der Waals surface area contributed by atoms with Gasteiger partial charge >= 0.3 is 5.97 Å². The Kier molecular flexibility index (Phi) is 4.21. The van der Waals surface area contributed by atoms with E-state index in [0.717, 1.165) is 6.08 Å². The fourth-order valence-corrected chi connectivity index (χ4v) is 1.17. The van der Waals surface area contributed by atoms with Crippen molar-refractivity contribution in [3.8, 4) is 0 Å². The molecule has 0 spiro atoms. The molecule has 0 fully saturated rings. The van der Waals surface area contributed by atoms with Crippen molar-refractivity contribution in [1.29, 1.82) is 0 Å². The van der Waals surface area contributed by atoms with Gasteiger partial charge in [0.05, 0.1) is 11.5 Å². The summed E-state index contributed by atoms with van der Waals surface area (Å²) < 4.78 is 4.69. The van der Waals surface area contributed by atoms with Crippen molar-refractivity contribution in [2.24, 2.45) is 5.73 Å². The average Bonchev–Trinajstić information content (AvgIpc) is 2.29. The summed E-state index contributed by atoms with van der Waals surface area (Å²) in [7, 11) is 0. The van der Waals surface area contributed by atoms with Gasteiger partial charge in [-0.25, -0.2) is 4.79 Å². The third-order valence-corrected chi connectivity index (χ3v) is 1.97. The summed E-state index contributed by atoms with van der Waals surface area (Å²) in [5.41, 5.74) is 6.35. The van der Waals surface area contributed by atoms with E-state index in [1.165, 1.54) is 24.3 Å². The molecule has 6 heteroatoms. The Balaban J connectivity index is 2.86. The molecule has 0 bridgehead atoms. The van der Waals surface area contributed by atoms with Gasteiger partial charge in [-0.05, 0) is 24.6 Å². The number of nitro benzene ring substituents is 1. The van der Waals surface area contributed by atoms with Crippen LogP contribution in [0.15, 0.2) is 30.3 Å². The number of hydrogen-bond donors (Lipinski definition) is 1. The predicted octanol–water partition coefficient (Wildman–Crippen LogP) is 1.46. The van der Waals surface area contributed by atoms with Gasteiger partial charge in [-0.1, -0.05) is 0 Å². The molecular formula is C11H12N2O4. The van der Waals surface area contributed by atoms with Gasteiger partial charge in [-0.3, -0.25) is 10.1 Å². The molecule has 0 aliphatic rings. The molecule has 90 valence electrons. The summed E-state index contributed by atoms with van der Waals surface area (Å²) >= 11 is 0. The van der Waals surface area contributed by atoms with Crippen LogP contribution < -0.4 is 5.73 Å². The first kappa shape index (κ1) is 12.7. The quantitative estimate of drug-likeness (QED) is 0.369. The maximum absolute atomic E-state index is 11.1. The molecule has 0 aromatic heterocycles. The molecule has 0 atom stereocenters. The third-order valence-electron chi connectivity index (χ3n) is 1.97. The topological polar surface area (TPSA) is 95.5 Å². The highest BCUT2D eigenvalue weighted by Crippen LogP contribution is 2.15. The molecule has 6 nitrogen and oxygen atoms in total. The summed E-state index contributed by atoms with van der Waals surface area (Å²) in [6, 6.07) is 5.59. The first-order chi connectivity index (χ1) is 8.04. The van der Waals surface area contributed by atoms with Crippen molar-refractivity contribution in [2.75, 3.05) is 6.61 Å². The number of esters is 1. The molecule has 0 aliphatic heterocycles. The number of non-ortho nitro benzene ring substituents is 1. The standard InChI is InChI=1S/C11H12N2O4/c1-2-17-11(14)7-10(12)8-3-5-9(6-4-8)13(15)16/h3-7H,2,12H2,1H3. The lowest BCUT2D eigenvalue weighted by atomic mass is 10.1. The van der Waals surface area contributed by atoms with E-state index < -0.39 is 10.9 Å². The number of benzene rings is 1. The zero-order valence-electron chi connectivity index (χ0n) is 9.25. The van der Waals surface area contributed by atoms with E-state index in [1.54, 1.807) is 6.92 Å². The summed E-state index contributed by atoms with van der Waals surface area (Å²) in [6.07, 6.45) is 1.14. The number of nitrogens with zero attached hydrogens (tertiary/aromatic N) is 1. The normalized spacial score (nSPS) is 11.0. The minimum absolute atomic E-state index is 0.0299. The first-order valence-corrected chi connectivity index (χ1v) is 4.93. The van der Waals surface area contributed by atoms with Gasteiger partial charge in [0.15, 0.2) is 0 Å². The van der Waals surface area contributed by atoms with Crippen molar-refractivity contribution in [1.82, 2.24) is 0 Å². The highest BCUT2D eigenvalue weighted by molar-refractivity contribution is 5.90. The van der Waals surface area contributed by atoms with E-state index in [-0.39, 0.29) is 18.0 Å². The van der Waals surface area contributed by atoms with E-state index in [1.807, 2.05) is 0 Å². The summed E-state index contributed by atoms with van der Waals surface area (Å²) in [5, 5.41) is 10.4. The molecule has 0 radical (unpaired) electrons. The maximum Gasteiger partial charge on any atom is 0.332 e. The average molecular weight is 236 g/mol. The first-order valence-electron chi connectivity index (χ1n) is 4.93. The number of carbonyl (C=O) groups excluding carboxylic acids is 1. The van der Waals surface area contributed by atoms with Crippen molar-refractivity contribution in [3.05, 3.63) is 46.0 Å². The number of nitro groups is 1. The molecule has 0 saturated carbocycles. The lowest BCUT2D eigenvalue weighted by Crippen LogP contribution is -2.05. The molecule has 17 heavy (non-hydrogen) atoms. The monoisotopic (exact) mass is 236 g/mol. The second-order valence-corrected chi connectivity index (χ2v) is 3.16. The minimum atomic E-state index is -0.539. The van der Waals surface area contributed by atoms with Gasteiger partial charge in [-0.2, -0.15) is 0 Å². The molecule has 1 aromatic rings. The molecule has 1 rings (SSSR count). The number of hydrogen-bond acceptors (Lipinski definition) is 5. The molecule has 0 amide bonds. The summed E-state index contributed by atoms with van der Waals surface area (Å²) in [4.78, 5) is 21.0. The van der Waals surface area contributed by atoms with Crippen LogP contribution in [0.25, 0.3) is 5.70 Å². The minimum Gasteiger partial charge on any atom is -0.463 e. The summed E-state index contributed by atoms with van der Waals surface area (Å²) in [6.45, 7) is 1.96. The van der Waals surface area contributed by atoms with E-state index in [4.69, 9.17) is 10.5 Å². The largest absolute Gasteiger partial charge is 0.463 e. The fraction of sp³-hybridized carbons (Fsp3) is 0.182.